The van der Waals surface area contributed by atoms with E-state index in [4.69, 9.17) is 0 Å². The Balaban J connectivity index is 1.68. The SMILES string of the molecule is C=CCN1CCCC12CCCN(C(=O)Nc1cccc(F)c1)C2. The molecule has 4 nitrogen and oxygen atoms in total. The van der Waals surface area contributed by atoms with E-state index in [1.807, 2.05) is 11.0 Å². The lowest BCUT2D eigenvalue weighted by Gasteiger charge is -2.45. The summed E-state index contributed by atoms with van der Waals surface area (Å²) < 4.78 is 13.3. The molecule has 124 valence electrons. The van der Waals surface area contributed by atoms with Crippen molar-refractivity contribution in [2.24, 2.45) is 0 Å². The first-order valence-corrected chi connectivity index (χ1v) is 8.30. The molecule has 5 heteroatoms. The zero-order valence-electron chi connectivity index (χ0n) is 13.4. The first kappa shape index (κ1) is 16.0. The van der Waals surface area contributed by atoms with Gasteiger partial charge >= 0.3 is 6.03 Å². The summed E-state index contributed by atoms with van der Waals surface area (Å²) in [5, 5.41) is 2.81. The summed E-state index contributed by atoms with van der Waals surface area (Å²) in [4.78, 5) is 16.9. The number of hydrogen-bond donors (Lipinski definition) is 1. The van der Waals surface area contributed by atoms with Gasteiger partial charge in [-0.25, -0.2) is 9.18 Å². The molecule has 1 aromatic carbocycles. The van der Waals surface area contributed by atoms with Gasteiger partial charge in [0.25, 0.3) is 0 Å². The van der Waals surface area contributed by atoms with Crippen LogP contribution in [-0.2, 0) is 0 Å². The molecule has 2 aliphatic heterocycles. The fraction of sp³-hybridized carbons (Fsp3) is 0.500. The number of anilines is 1. The van der Waals surface area contributed by atoms with Gasteiger partial charge < -0.3 is 10.2 Å². The van der Waals surface area contributed by atoms with E-state index >= 15 is 0 Å². The monoisotopic (exact) mass is 317 g/mol. The number of halogens is 1. The number of piperidine rings is 1. The number of amides is 2. The van der Waals surface area contributed by atoms with E-state index in [1.165, 1.54) is 18.6 Å². The molecule has 0 aromatic heterocycles. The van der Waals surface area contributed by atoms with E-state index in [0.29, 0.717) is 5.69 Å². The van der Waals surface area contributed by atoms with Crippen molar-refractivity contribution in [1.82, 2.24) is 9.80 Å². The second-order valence-electron chi connectivity index (χ2n) is 6.53. The van der Waals surface area contributed by atoms with Crippen LogP contribution in [0.3, 0.4) is 0 Å². The van der Waals surface area contributed by atoms with Crippen LogP contribution in [0.15, 0.2) is 36.9 Å². The van der Waals surface area contributed by atoms with Gasteiger partial charge in [0.2, 0.25) is 0 Å². The Morgan fingerprint density at radius 1 is 1.35 bits per heavy atom. The van der Waals surface area contributed by atoms with Gasteiger partial charge in [0, 0.05) is 30.9 Å². The van der Waals surface area contributed by atoms with Crippen molar-refractivity contribution in [3.05, 3.63) is 42.7 Å². The molecule has 0 saturated carbocycles. The van der Waals surface area contributed by atoms with Crippen molar-refractivity contribution >= 4 is 11.7 Å². The minimum atomic E-state index is -0.342. The molecule has 3 rings (SSSR count). The number of carbonyl (C=O) groups is 1. The van der Waals surface area contributed by atoms with Crippen molar-refractivity contribution < 1.29 is 9.18 Å². The van der Waals surface area contributed by atoms with Crippen molar-refractivity contribution in [2.45, 2.75) is 31.2 Å². The first-order chi connectivity index (χ1) is 11.1. The van der Waals surface area contributed by atoms with E-state index in [0.717, 1.165) is 45.4 Å². The second kappa shape index (κ2) is 6.71. The quantitative estimate of drug-likeness (QED) is 0.867. The summed E-state index contributed by atoms with van der Waals surface area (Å²) in [6, 6.07) is 5.89. The highest BCUT2D eigenvalue weighted by Crippen LogP contribution is 2.37. The summed E-state index contributed by atoms with van der Waals surface area (Å²) in [6.07, 6.45) is 6.38. The standard InChI is InChI=1S/C18H24FN3O/c1-2-10-22-12-5-9-18(22)8-4-11-21(14-18)17(23)20-16-7-3-6-15(19)13-16/h2-3,6-7,13H,1,4-5,8-12,14H2,(H,20,23). The molecule has 1 aromatic rings. The summed E-state index contributed by atoms with van der Waals surface area (Å²) in [5.74, 6) is -0.342. The fourth-order valence-corrected chi connectivity index (χ4v) is 3.95. The first-order valence-electron chi connectivity index (χ1n) is 8.30. The Labute approximate surface area is 137 Å². The molecule has 1 unspecified atom stereocenters. The number of benzene rings is 1. The van der Waals surface area contributed by atoms with Crippen molar-refractivity contribution in [1.29, 1.82) is 0 Å². The predicted octanol–water partition coefficient (Wildman–Crippen LogP) is 3.47. The van der Waals surface area contributed by atoms with E-state index in [9.17, 15) is 9.18 Å². The zero-order chi connectivity index (χ0) is 16.3. The topological polar surface area (TPSA) is 35.6 Å². The lowest BCUT2D eigenvalue weighted by molar-refractivity contribution is 0.0670. The zero-order valence-corrected chi connectivity index (χ0v) is 13.4. The largest absolute Gasteiger partial charge is 0.323 e. The van der Waals surface area contributed by atoms with Gasteiger partial charge in [0.1, 0.15) is 5.82 Å². The van der Waals surface area contributed by atoms with E-state index in [1.54, 1.807) is 12.1 Å². The van der Waals surface area contributed by atoms with Crippen LogP contribution >= 0.6 is 0 Å². The van der Waals surface area contributed by atoms with Crippen molar-refractivity contribution in [3.8, 4) is 0 Å². The molecule has 2 aliphatic rings. The Morgan fingerprint density at radius 3 is 2.87 bits per heavy atom. The Bertz CT molecular complexity index is 591. The van der Waals surface area contributed by atoms with Gasteiger partial charge in [-0.05, 0) is 50.4 Å². The predicted molar refractivity (Wildman–Crippen MR) is 90.0 cm³/mol. The van der Waals surface area contributed by atoms with Gasteiger partial charge in [0.15, 0.2) is 0 Å². The van der Waals surface area contributed by atoms with Crippen LogP contribution in [0.4, 0.5) is 14.9 Å². The van der Waals surface area contributed by atoms with E-state index < -0.39 is 0 Å². The normalized spacial score (nSPS) is 24.8. The summed E-state index contributed by atoms with van der Waals surface area (Å²) in [7, 11) is 0. The minimum Gasteiger partial charge on any atom is -0.323 e. The van der Waals surface area contributed by atoms with Crippen LogP contribution in [-0.4, -0.2) is 47.5 Å². The molecule has 0 aliphatic carbocycles. The fourth-order valence-electron chi connectivity index (χ4n) is 3.95. The summed E-state index contributed by atoms with van der Waals surface area (Å²) in [6.45, 7) is 7.29. The molecule has 0 radical (unpaired) electrons. The Morgan fingerprint density at radius 2 is 2.13 bits per heavy atom. The molecule has 1 N–H and O–H groups in total. The van der Waals surface area contributed by atoms with Gasteiger partial charge in [-0.3, -0.25) is 4.90 Å². The molecule has 1 atom stereocenters. The molecular weight excluding hydrogens is 293 g/mol. The van der Waals surface area contributed by atoms with Crippen LogP contribution in [0.1, 0.15) is 25.7 Å². The highest BCUT2D eigenvalue weighted by atomic mass is 19.1. The Kier molecular flexibility index (Phi) is 4.66. The number of carbonyl (C=O) groups excluding carboxylic acids is 1. The van der Waals surface area contributed by atoms with Gasteiger partial charge in [-0.1, -0.05) is 12.1 Å². The number of hydrogen-bond acceptors (Lipinski definition) is 2. The average molecular weight is 317 g/mol. The molecule has 2 heterocycles. The summed E-state index contributed by atoms with van der Waals surface area (Å²) in [5.41, 5.74) is 0.593. The number of nitrogens with one attached hydrogen (secondary N) is 1. The highest BCUT2D eigenvalue weighted by Gasteiger charge is 2.44. The third kappa shape index (κ3) is 3.39. The van der Waals surface area contributed by atoms with Gasteiger partial charge in [-0.2, -0.15) is 0 Å². The van der Waals surface area contributed by atoms with Crippen LogP contribution in [0.25, 0.3) is 0 Å². The molecule has 23 heavy (non-hydrogen) atoms. The Hall–Kier alpha value is -1.88. The van der Waals surface area contributed by atoms with Crippen LogP contribution in [0, 0.1) is 5.82 Å². The molecule has 2 amide bonds. The van der Waals surface area contributed by atoms with E-state index in [-0.39, 0.29) is 17.4 Å². The third-order valence-corrected chi connectivity index (χ3v) is 5.01. The molecular formula is C18H24FN3O. The molecule has 2 fully saturated rings. The van der Waals surface area contributed by atoms with Gasteiger partial charge in [-0.15, -0.1) is 6.58 Å². The summed E-state index contributed by atoms with van der Waals surface area (Å²) >= 11 is 0. The van der Waals surface area contributed by atoms with Gasteiger partial charge in [0.05, 0.1) is 0 Å². The van der Waals surface area contributed by atoms with Crippen molar-refractivity contribution in [3.63, 3.8) is 0 Å². The average Bonchev–Trinajstić information content (AvgIpc) is 2.90. The number of nitrogens with zero attached hydrogens (tertiary/aromatic N) is 2. The van der Waals surface area contributed by atoms with Crippen LogP contribution in [0.5, 0.6) is 0 Å². The second-order valence-corrected chi connectivity index (χ2v) is 6.53. The molecule has 1 spiro atoms. The molecule has 2 saturated heterocycles. The number of rotatable bonds is 3. The van der Waals surface area contributed by atoms with Crippen molar-refractivity contribution in [2.75, 3.05) is 31.5 Å². The maximum absolute atomic E-state index is 13.3. The number of likely N-dealkylation sites (tertiary alicyclic amines) is 2. The molecule has 0 bridgehead atoms. The van der Waals surface area contributed by atoms with Crippen LogP contribution in [0.2, 0.25) is 0 Å². The smallest absolute Gasteiger partial charge is 0.321 e. The highest BCUT2D eigenvalue weighted by molar-refractivity contribution is 5.89. The van der Waals surface area contributed by atoms with E-state index in [2.05, 4.69) is 16.8 Å². The number of urea groups is 1. The van der Waals surface area contributed by atoms with Crippen LogP contribution < -0.4 is 5.32 Å². The lowest BCUT2D eigenvalue weighted by Crippen LogP contribution is -2.57. The third-order valence-electron chi connectivity index (χ3n) is 5.01. The maximum Gasteiger partial charge on any atom is 0.321 e. The lowest BCUT2D eigenvalue weighted by atomic mass is 9.86. The maximum atomic E-state index is 13.3. The minimum absolute atomic E-state index is 0.0890.